The summed E-state index contributed by atoms with van der Waals surface area (Å²) in [6, 6.07) is 16.4. The third kappa shape index (κ3) is 6.93. The van der Waals surface area contributed by atoms with Crippen molar-refractivity contribution in [2.75, 3.05) is 19.7 Å². The van der Waals surface area contributed by atoms with Crippen LogP contribution in [0, 0.1) is 0 Å². The lowest BCUT2D eigenvalue weighted by Gasteiger charge is -2.22. The lowest BCUT2D eigenvalue weighted by Crippen LogP contribution is -2.36. The van der Waals surface area contributed by atoms with Gasteiger partial charge in [-0.2, -0.15) is 5.10 Å². The fraction of sp³-hybridized carbons (Fsp3) is 0.379. The third-order valence-corrected chi connectivity index (χ3v) is 5.98. The fourth-order valence-electron chi connectivity index (χ4n) is 4.24. The summed E-state index contributed by atoms with van der Waals surface area (Å²) >= 11 is 0. The quantitative estimate of drug-likeness (QED) is 0.278. The Bertz CT molecular complexity index is 1380. The molecule has 1 aliphatic heterocycles. The van der Waals surface area contributed by atoms with E-state index in [2.05, 4.69) is 15.5 Å². The minimum absolute atomic E-state index is 0.0609. The van der Waals surface area contributed by atoms with Crippen molar-refractivity contribution in [3.63, 3.8) is 0 Å². The molecule has 2 N–H and O–H groups in total. The van der Waals surface area contributed by atoms with E-state index in [1.165, 1.54) is 6.07 Å². The van der Waals surface area contributed by atoms with Gasteiger partial charge in [0.15, 0.2) is 5.49 Å². The van der Waals surface area contributed by atoms with E-state index in [9.17, 15) is 14.7 Å². The van der Waals surface area contributed by atoms with Gasteiger partial charge in [-0.25, -0.2) is 9.78 Å². The maximum absolute atomic E-state index is 12.7. The van der Waals surface area contributed by atoms with Crippen LogP contribution in [0.3, 0.4) is 0 Å². The molecule has 9 heteroatoms. The Morgan fingerprint density at radius 3 is 2.37 bits per heavy atom. The number of ether oxygens (including phenoxy) is 2. The number of fused-ring (bicyclic) bond motifs is 1. The van der Waals surface area contributed by atoms with Crippen molar-refractivity contribution in [1.29, 1.82) is 0 Å². The van der Waals surface area contributed by atoms with Crippen molar-refractivity contribution in [1.82, 2.24) is 15.3 Å². The van der Waals surface area contributed by atoms with Gasteiger partial charge in [-0.3, -0.25) is 10.2 Å². The summed E-state index contributed by atoms with van der Waals surface area (Å²) in [6.07, 6.45) is 0.749. The number of hydrogen-bond acceptors (Lipinski definition) is 8. The zero-order chi connectivity index (χ0) is 27.3. The van der Waals surface area contributed by atoms with Gasteiger partial charge in [-0.15, -0.1) is 0 Å². The average molecular weight is 519 g/mol. The van der Waals surface area contributed by atoms with Crippen LogP contribution in [-0.4, -0.2) is 58.6 Å². The van der Waals surface area contributed by atoms with E-state index in [-0.39, 0.29) is 23.6 Å². The number of benzene rings is 2. The zero-order valence-electron chi connectivity index (χ0n) is 22.2. The summed E-state index contributed by atoms with van der Waals surface area (Å²) in [6.45, 7) is 9.00. The van der Waals surface area contributed by atoms with Gasteiger partial charge in [-0.05, 0) is 88.1 Å². The van der Waals surface area contributed by atoms with Crippen molar-refractivity contribution in [3.05, 3.63) is 71.2 Å². The number of carbonyl (C=O) groups excluding carboxylic acids is 2. The Morgan fingerprint density at radius 2 is 1.71 bits per heavy atom. The zero-order valence-corrected chi connectivity index (χ0v) is 22.2. The first-order valence-electron chi connectivity index (χ1n) is 12.8. The summed E-state index contributed by atoms with van der Waals surface area (Å²) in [5.74, 6) is -0.448. The number of amides is 1. The predicted molar refractivity (Wildman–Crippen MR) is 144 cm³/mol. The SMILES string of the molecule is CCOC(=O)c1c/c(=N/NC(O)OC(C)(C)C)nc2ccc(-c3ccc(C(=O)N4CCCC4)cc3)cc2c1. The molecule has 38 heavy (non-hydrogen) atoms. The summed E-state index contributed by atoms with van der Waals surface area (Å²) in [5.41, 5.74) is 5.48. The van der Waals surface area contributed by atoms with Crippen LogP contribution >= 0.6 is 0 Å². The van der Waals surface area contributed by atoms with Crippen molar-refractivity contribution in [2.24, 2.45) is 5.10 Å². The van der Waals surface area contributed by atoms with E-state index < -0.39 is 18.0 Å². The van der Waals surface area contributed by atoms with Gasteiger partial charge in [-0.1, -0.05) is 18.2 Å². The summed E-state index contributed by atoms with van der Waals surface area (Å²) < 4.78 is 10.6. The van der Waals surface area contributed by atoms with Gasteiger partial charge in [0, 0.05) is 24.0 Å². The first-order valence-corrected chi connectivity index (χ1v) is 12.8. The highest BCUT2D eigenvalue weighted by Gasteiger charge is 2.19. The Balaban J connectivity index is 1.68. The fourth-order valence-corrected chi connectivity index (χ4v) is 4.24. The highest BCUT2D eigenvalue weighted by Crippen LogP contribution is 2.25. The molecule has 1 amide bonds. The number of aromatic nitrogens is 1. The lowest BCUT2D eigenvalue weighted by molar-refractivity contribution is -0.181. The highest BCUT2D eigenvalue weighted by molar-refractivity contribution is 5.96. The van der Waals surface area contributed by atoms with Gasteiger partial charge in [0.05, 0.1) is 23.3 Å². The second-order valence-corrected chi connectivity index (χ2v) is 10.1. The van der Waals surface area contributed by atoms with Crippen molar-refractivity contribution < 1.29 is 24.2 Å². The van der Waals surface area contributed by atoms with Gasteiger partial charge in [0.1, 0.15) is 0 Å². The molecule has 0 spiro atoms. The minimum atomic E-state index is -1.36. The third-order valence-electron chi connectivity index (χ3n) is 5.98. The van der Waals surface area contributed by atoms with Crippen molar-refractivity contribution >= 4 is 22.8 Å². The molecule has 9 nitrogen and oxygen atoms in total. The molecule has 2 aromatic carbocycles. The molecule has 1 unspecified atom stereocenters. The lowest BCUT2D eigenvalue weighted by atomic mass is 10.0. The molecule has 2 heterocycles. The molecule has 1 fully saturated rings. The second kappa shape index (κ2) is 11.7. The number of rotatable bonds is 7. The molecule has 3 aromatic rings. The van der Waals surface area contributed by atoms with Crippen molar-refractivity contribution in [3.8, 4) is 11.1 Å². The van der Waals surface area contributed by atoms with E-state index >= 15 is 0 Å². The monoisotopic (exact) mass is 518 g/mol. The maximum atomic E-state index is 12.7. The molecule has 4 rings (SSSR count). The largest absolute Gasteiger partial charge is 0.462 e. The van der Waals surface area contributed by atoms with Crippen LogP contribution in [0.2, 0.25) is 0 Å². The molecular formula is C29H34N4O5. The normalized spacial score (nSPS) is 15.0. The van der Waals surface area contributed by atoms with E-state index in [1.54, 1.807) is 13.0 Å². The van der Waals surface area contributed by atoms with Gasteiger partial charge < -0.3 is 19.5 Å². The van der Waals surface area contributed by atoms with Crippen LogP contribution in [0.5, 0.6) is 0 Å². The van der Waals surface area contributed by atoms with Gasteiger partial charge in [0.2, 0.25) is 0 Å². The molecule has 1 aromatic heterocycles. The van der Waals surface area contributed by atoms with Crippen LogP contribution in [0.15, 0.2) is 59.7 Å². The summed E-state index contributed by atoms with van der Waals surface area (Å²) in [4.78, 5) is 31.8. The molecule has 1 saturated heterocycles. The molecular weight excluding hydrogens is 484 g/mol. The van der Waals surface area contributed by atoms with Gasteiger partial charge >= 0.3 is 5.97 Å². The number of nitrogens with one attached hydrogen (secondary N) is 1. The molecule has 0 aliphatic carbocycles. The van der Waals surface area contributed by atoms with E-state index in [0.717, 1.165) is 37.1 Å². The molecule has 0 bridgehead atoms. The minimum Gasteiger partial charge on any atom is -0.462 e. The number of nitrogens with zero attached hydrogens (tertiary/aromatic N) is 3. The van der Waals surface area contributed by atoms with Crippen LogP contribution in [0.4, 0.5) is 0 Å². The molecule has 0 radical (unpaired) electrons. The number of aliphatic hydroxyl groups excluding tert-OH is 1. The topological polar surface area (TPSA) is 113 Å². The highest BCUT2D eigenvalue weighted by atomic mass is 16.6. The average Bonchev–Trinajstić information content (AvgIpc) is 3.34. The van der Waals surface area contributed by atoms with E-state index in [4.69, 9.17) is 9.47 Å². The number of aliphatic hydroxyl groups is 1. The molecule has 0 saturated carbocycles. The Labute approximate surface area is 222 Å². The van der Waals surface area contributed by atoms with Crippen LogP contribution in [0.25, 0.3) is 22.0 Å². The number of likely N-dealkylation sites (tertiary alicyclic amines) is 1. The Hall–Kier alpha value is -3.82. The predicted octanol–water partition coefficient (Wildman–Crippen LogP) is 3.81. The van der Waals surface area contributed by atoms with Crippen LogP contribution in [-0.2, 0) is 9.47 Å². The molecule has 200 valence electrons. The number of hydrogen-bond donors (Lipinski definition) is 2. The Morgan fingerprint density at radius 1 is 1.03 bits per heavy atom. The first-order chi connectivity index (χ1) is 18.1. The summed E-state index contributed by atoms with van der Waals surface area (Å²) in [5, 5.41) is 14.9. The first kappa shape index (κ1) is 27.2. The van der Waals surface area contributed by atoms with Crippen LogP contribution < -0.4 is 10.9 Å². The van der Waals surface area contributed by atoms with Crippen molar-refractivity contribution in [2.45, 2.75) is 52.6 Å². The summed E-state index contributed by atoms with van der Waals surface area (Å²) in [7, 11) is 0. The van der Waals surface area contributed by atoms with E-state index in [0.29, 0.717) is 16.5 Å². The van der Waals surface area contributed by atoms with E-state index in [1.807, 2.05) is 68.1 Å². The van der Waals surface area contributed by atoms with Crippen LogP contribution in [0.1, 0.15) is 61.3 Å². The number of carbonyl (C=O) groups is 2. The maximum Gasteiger partial charge on any atom is 0.338 e. The molecule has 1 aliphatic rings. The standard InChI is InChI=1S/C29H34N4O5/c1-5-37-27(35)23-17-22-16-21(19-8-10-20(11-9-19)26(34)33-14-6-7-15-33)12-13-24(22)30-25(18-23)31-32-28(36)38-29(2,3)4/h8-13,16-18,28,32,36H,5-7,14-15H2,1-4H3/b31-25-. The number of esters is 1. The molecule has 1 atom stereocenters. The smallest absolute Gasteiger partial charge is 0.338 e. The Kier molecular flexibility index (Phi) is 8.38. The second-order valence-electron chi connectivity index (χ2n) is 10.1. The van der Waals surface area contributed by atoms with Gasteiger partial charge in [0.25, 0.3) is 12.3 Å².